The summed E-state index contributed by atoms with van der Waals surface area (Å²) in [6.45, 7) is 2.49. The molecule has 0 spiro atoms. The largest absolute Gasteiger partial charge is 0.476 e. The molecule has 0 bridgehead atoms. The number of nitrogens with zero attached hydrogens (tertiary/aromatic N) is 2. The van der Waals surface area contributed by atoms with Crippen LogP contribution < -0.4 is 4.90 Å². The molecule has 0 fully saturated rings. The van der Waals surface area contributed by atoms with Gasteiger partial charge in [0.1, 0.15) is 0 Å². The first-order chi connectivity index (χ1) is 8.58. The number of carbonyl (C=O) groups is 1. The van der Waals surface area contributed by atoms with E-state index in [4.69, 9.17) is 5.11 Å². The number of carboxylic acid groups (broad SMARTS) is 1. The third kappa shape index (κ3) is 2.68. The maximum absolute atomic E-state index is 10.9. The van der Waals surface area contributed by atoms with Gasteiger partial charge in [0.15, 0.2) is 10.8 Å². The highest BCUT2D eigenvalue weighted by atomic mass is 32.1. The summed E-state index contributed by atoms with van der Waals surface area (Å²) in [6.07, 6.45) is 0. The van der Waals surface area contributed by atoms with Crippen molar-refractivity contribution in [1.29, 1.82) is 0 Å². The van der Waals surface area contributed by atoms with Crippen LogP contribution in [-0.2, 0) is 6.54 Å². The Balaban J connectivity index is 2.17. The van der Waals surface area contributed by atoms with Crippen molar-refractivity contribution in [3.8, 4) is 0 Å². The van der Waals surface area contributed by atoms with Gasteiger partial charge in [0.25, 0.3) is 0 Å². The van der Waals surface area contributed by atoms with E-state index in [2.05, 4.69) is 4.98 Å². The monoisotopic (exact) mass is 262 g/mol. The van der Waals surface area contributed by atoms with Gasteiger partial charge in [-0.25, -0.2) is 9.78 Å². The molecule has 1 N–H and O–H groups in total. The third-order valence-corrected chi connectivity index (χ3v) is 3.66. The first-order valence-electron chi connectivity index (χ1n) is 5.53. The van der Waals surface area contributed by atoms with Crippen molar-refractivity contribution in [2.24, 2.45) is 0 Å². The second kappa shape index (κ2) is 5.18. The van der Waals surface area contributed by atoms with Crippen LogP contribution in [-0.4, -0.2) is 23.1 Å². The van der Waals surface area contributed by atoms with Crippen molar-refractivity contribution in [3.05, 3.63) is 46.5 Å². The molecule has 0 unspecified atom stereocenters. The number of aromatic nitrogens is 1. The SMILES string of the molecule is Cc1sc(N(C)Cc2ccccc2)nc1C(=O)O. The lowest BCUT2D eigenvalue weighted by Crippen LogP contribution is -2.16. The van der Waals surface area contributed by atoms with Crippen molar-refractivity contribution < 1.29 is 9.90 Å². The Morgan fingerprint density at radius 1 is 1.39 bits per heavy atom. The van der Waals surface area contributed by atoms with Crippen LogP contribution >= 0.6 is 11.3 Å². The third-order valence-electron chi connectivity index (χ3n) is 2.58. The molecule has 0 aliphatic heterocycles. The van der Waals surface area contributed by atoms with Crippen LogP contribution in [0.15, 0.2) is 30.3 Å². The normalized spacial score (nSPS) is 10.3. The van der Waals surface area contributed by atoms with Crippen molar-refractivity contribution in [3.63, 3.8) is 0 Å². The average Bonchev–Trinajstić information content (AvgIpc) is 2.73. The zero-order chi connectivity index (χ0) is 13.1. The van der Waals surface area contributed by atoms with Gasteiger partial charge in [-0.1, -0.05) is 30.3 Å². The second-order valence-electron chi connectivity index (χ2n) is 4.05. The molecule has 0 aliphatic rings. The van der Waals surface area contributed by atoms with E-state index in [-0.39, 0.29) is 5.69 Å². The molecule has 1 aromatic carbocycles. The van der Waals surface area contributed by atoms with Gasteiger partial charge in [-0.2, -0.15) is 0 Å². The quantitative estimate of drug-likeness (QED) is 0.920. The Hall–Kier alpha value is -1.88. The molecule has 2 aromatic rings. The molecular weight excluding hydrogens is 248 g/mol. The van der Waals surface area contributed by atoms with Gasteiger partial charge < -0.3 is 10.0 Å². The number of hydrogen-bond acceptors (Lipinski definition) is 4. The summed E-state index contributed by atoms with van der Waals surface area (Å²) in [6, 6.07) is 10.0. The van der Waals surface area contributed by atoms with Gasteiger partial charge >= 0.3 is 5.97 Å². The van der Waals surface area contributed by atoms with Crippen LogP contribution in [0.2, 0.25) is 0 Å². The summed E-state index contributed by atoms with van der Waals surface area (Å²) in [7, 11) is 1.91. The van der Waals surface area contributed by atoms with Gasteiger partial charge in [-0.15, -0.1) is 11.3 Å². The van der Waals surface area contributed by atoms with E-state index in [0.29, 0.717) is 6.54 Å². The number of aryl methyl sites for hydroxylation is 1. The molecule has 1 heterocycles. The van der Waals surface area contributed by atoms with Crippen LogP contribution in [0.1, 0.15) is 20.9 Å². The number of thiazole rings is 1. The van der Waals surface area contributed by atoms with Gasteiger partial charge in [-0.05, 0) is 12.5 Å². The van der Waals surface area contributed by atoms with Gasteiger partial charge in [0, 0.05) is 18.5 Å². The molecule has 94 valence electrons. The van der Waals surface area contributed by atoms with Crippen molar-refractivity contribution >= 4 is 22.4 Å². The predicted molar refractivity (Wildman–Crippen MR) is 72.4 cm³/mol. The van der Waals surface area contributed by atoms with Crippen LogP contribution in [0.4, 0.5) is 5.13 Å². The van der Waals surface area contributed by atoms with E-state index in [9.17, 15) is 4.79 Å². The summed E-state index contributed by atoms with van der Waals surface area (Å²) in [5.74, 6) is -0.969. The summed E-state index contributed by atoms with van der Waals surface area (Å²) in [4.78, 5) is 17.8. The van der Waals surface area contributed by atoms with Gasteiger partial charge in [-0.3, -0.25) is 0 Å². The van der Waals surface area contributed by atoms with Crippen LogP contribution in [0.3, 0.4) is 0 Å². The van der Waals surface area contributed by atoms with Crippen molar-refractivity contribution in [1.82, 2.24) is 4.98 Å². The van der Waals surface area contributed by atoms with Gasteiger partial charge in [0.05, 0.1) is 0 Å². The molecule has 18 heavy (non-hydrogen) atoms. The Labute approximate surface area is 110 Å². The predicted octanol–water partition coefficient (Wildman–Crippen LogP) is 2.79. The number of anilines is 1. The Morgan fingerprint density at radius 2 is 2.06 bits per heavy atom. The van der Waals surface area contributed by atoms with Gasteiger partial charge in [0.2, 0.25) is 0 Å². The lowest BCUT2D eigenvalue weighted by molar-refractivity contribution is 0.0690. The van der Waals surface area contributed by atoms with E-state index in [0.717, 1.165) is 10.0 Å². The smallest absolute Gasteiger partial charge is 0.355 e. The number of aromatic carboxylic acids is 1. The maximum Gasteiger partial charge on any atom is 0.355 e. The Kier molecular flexibility index (Phi) is 3.62. The molecule has 0 aliphatic carbocycles. The minimum Gasteiger partial charge on any atom is -0.476 e. The first kappa shape index (κ1) is 12.6. The summed E-state index contributed by atoms with van der Waals surface area (Å²) >= 11 is 1.40. The Morgan fingerprint density at radius 3 is 2.61 bits per heavy atom. The van der Waals surface area contributed by atoms with E-state index in [1.54, 1.807) is 6.92 Å². The molecule has 4 nitrogen and oxygen atoms in total. The van der Waals surface area contributed by atoms with Crippen LogP contribution in [0.5, 0.6) is 0 Å². The fraction of sp³-hybridized carbons (Fsp3) is 0.231. The fourth-order valence-corrected chi connectivity index (χ4v) is 2.53. The van der Waals surface area contributed by atoms with E-state index in [1.807, 2.05) is 42.3 Å². The highest BCUT2D eigenvalue weighted by Crippen LogP contribution is 2.25. The van der Waals surface area contributed by atoms with E-state index < -0.39 is 5.97 Å². The molecule has 0 radical (unpaired) electrons. The zero-order valence-corrected chi connectivity index (χ0v) is 11.1. The highest BCUT2D eigenvalue weighted by molar-refractivity contribution is 7.15. The topological polar surface area (TPSA) is 53.4 Å². The zero-order valence-electron chi connectivity index (χ0n) is 10.3. The molecule has 0 saturated heterocycles. The second-order valence-corrected chi connectivity index (χ2v) is 5.23. The maximum atomic E-state index is 10.9. The summed E-state index contributed by atoms with van der Waals surface area (Å²) in [5.41, 5.74) is 1.32. The summed E-state index contributed by atoms with van der Waals surface area (Å²) in [5, 5.41) is 9.71. The number of hydrogen-bond donors (Lipinski definition) is 1. The van der Waals surface area contributed by atoms with Crippen LogP contribution in [0.25, 0.3) is 0 Å². The molecule has 2 rings (SSSR count). The lowest BCUT2D eigenvalue weighted by atomic mass is 10.2. The van der Waals surface area contributed by atoms with Crippen molar-refractivity contribution in [2.45, 2.75) is 13.5 Å². The first-order valence-corrected chi connectivity index (χ1v) is 6.35. The molecule has 0 atom stereocenters. The van der Waals surface area contributed by atoms with Crippen LogP contribution in [0, 0.1) is 6.92 Å². The van der Waals surface area contributed by atoms with E-state index in [1.165, 1.54) is 16.9 Å². The fourth-order valence-electron chi connectivity index (χ4n) is 1.67. The molecule has 5 heteroatoms. The lowest BCUT2D eigenvalue weighted by Gasteiger charge is -2.15. The summed E-state index contributed by atoms with van der Waals surface area (Å²) < 4.78 is 0. The molecule has 0 saturated carbocycles. The standard InChI is InChI=1S/C13H14N2O2S/c1-9-11(12(16)17)14-13(18-9)15(2)8-10-6-4-3-5-7-10/h3-7H,8H2,1-2H3,(H,16,17). The minimum atomic E-state index is -0.969. The van der Waals surface area contributed by atoms with Crippen molar-refractivity contribution in [2.75, 3.05) is 11.9 Å². The Bertz CT molecular complexity index is 551. The molecule has 1 aromatic heterocycles. The molecule has 0 amide bonds. The van der Waals surface area contributed by atoms with E-state index >= 15 is 0 Å². The number of rotatable bonds is 4. The number of carboxylic acids is 1. The minimum absolute atomic E-state index is 0.148. The molecular formula is C13H14N2O2S. The average molecular weight is 262 g/mol. The number of benzene rings is 1. The highest BCUT2D eigenvalue weighted by Gasteiger charge is 2.16.